The van der Waals surface area contributed by atoms with Gasteiger partial charge >= 0.3 is 0 Å². The van der Waals surface area contributed by atoms with Crippen LogP contribution in [0.1, 0.15) is 11.1 Å². The summed E-state index contributed by atoms with van der Waals surface area (Å²) in [5.74, 6) is 1.37. The molecule has 0 unspecified atom stereocenters. The van der Waals surface area contributed by atoms with Gasteiger partial charge in [-0.3, -0.25) is 14.6 Å². The molecule has 1 aliphatic heterocycles. The Bertz CT molecular complexity index is 1230. The monoisotopic (exact) mass is 531 g/mol. The van der Waals surface area contributed by atoms with E-state index in [2.05, 4.69) is 4.90 Å². The maximum absolute atomic E-state index is 13.5. The number of ether oxygens (including phenoxy) is 4. The quantitative estimate of drug-likeness (QED) is 0.372. The van der Waals surface area contributed by atoms with E-state index in [-0.39, 0.29) is 5.91 Å². The van der Waals surface area contributed by atoms with E-state index >= 15 is 0 Å². The van der Waals surface area contributed by atoms with Crippen LogP contribution in [-0.2, 0) is 9.53 Å². The van der Waals surface area contributed by atoms with Crippen LogP contribution in [0.2, 0.25) is 5.02 Å². The predicted octanol–water partition coefficient (Wildman–Crippen LogP) is 4.66. The Morgan fingerprint density at radius 1 is 1.14 bits per heavy atom. The molecule has 4 rings (SSSR count). The molecule has 2 aromatic carbocycles. The molecule has 0 aliphatic carbocycles. The summed E-state index contributed by atoms with van der Waals surface area (Å²) in [5.41, 5.74) is 2.59. The van der Waals surface area contributed by atoms with E-state index in [1.165, 1.54) is 11.3 Å². The van der Waals surface area contributed by atoms with Crippen LogP contribution in [0.3, 0.4) is 0 Å². The summed E-state index contributed by atoms with van der Waals surface area (Å²) in [4.78, 5) is 22.3. The molecule has 3 aromatic rings. The molecule has 36 heavy (non-hydrogen) atoms. The second kappa shape index (κ2) is 11.9. The highest BCUT2D eigenvalue weighted by molar-refractivity contribution is 7.22. The number of hydrogen-bond acceptors (Lipinski definition) is 8. The molecule has 1 fully saturated rings. The fraction of sp³-hybridized carbons (Fsp3) is 0.385. The number of rotatable bonds is 9. The van der Waals surface area contributed by atoms with Crippen LogP contribution in [-0.4, -0.2) is 76.5 Å². The third-order valence-electron chi connectivity index (χ3n) is 5.98. The molecule has 10 heteroatoms. The van der Waals surface area contributed by atoms with Gasteiger partial charge in [0.1, 0.15) is 0 Å². The topological polar surface area (TPSA) is 73.4 Å². The van der Waals surface area contributed by atoms with Crippen molar-refractivity contribution in [2.75, 3.05) is 65.6 Å². The van der Waals surface area contributed by atoms with Crippen LogP contribution in [0.25, 0.3) is 16.3 Å². The van der Waals surface area contributed by atoms with Crippen molar-refractivity contribution in [3.8, 4) is 17.2 Å². The highest BCUT2D eigenvalue weighted by atomic mass is 35.5. The van der Waals surface area contributed by atoms with E-state index in [9.17, 15) is 4.79 Å². The zero-order chi connectivity index (χ0) is 25.7. The number of hydrogen-bond donors (Lipinski definition) is 0. The van der Waals surface area contributed by atoms with Crippen LogP contribution in [0.4, 0.5) is 5.13 Å². The van der Waals surface area contributed by atoms with E-state index < -0.39 is 0 Å². The first-order chi connectivity index (χ1) is 17.4. The van der Waals surface area contributed by atoms with Crippen molar-refractivity contribution in [3.05, 3.63) is 46.5 Å². The molecule has 2 heterocycles. The second-order valence-corrected chi connectivity index (χ2v) is 9.75. The molecule has 0 bridgehead atoms. The summed E-state index contributed by atoms with van der Waals surface area (Å²) in [6.45, 7) is 6.30. The van der Waals surface area contributed by atoms with Gasteiger partial charge in [0.25, 0.3) is 5.91 Å². The molecule has 192 valence electrons. The van der Waals surface area contributed by atoms with Crippen LogP contribution in [0.15, 0.2) is 30.3 Å². The number of carbonyl (C=O) groups is 1. The number of carbonyl (C=O) groups excluding carboxylic acids is 1. The van der Waals surface area contributed by atoms with Gasteiger partial charge in [-0.25, -0.2) is 4.98 Å². The lowest BCUT2D eigenvalue weighted by Crippen LogP contribution is -2.42. The van der Waals surface area contributed by atoms with Crippen molar-refractivity contribution in [1.82, 2.24) is 9.88 Å². The zero-order valence-electron chi connectivity index (χ0n) is 20.9. The Morgan fingerprint density at radius 3 is 2.47 bits per heavy atom. The Balaban J connectivity index is 1.63. The molecule has 1 amide bonds. The summed E-state index contributed by atoms with van der Waals surface area (Å²) >= 11 is 7.73. The number of halogens is 1. The summed E-state index contributed by atoms with van der Waals surface area (Å²) in [6, 6.07) is 7.37. The number of benzene rings is 2. The Morgan fingerprint density at radius 2 is 1.83 bits per heavy atom. The smallest absolute Gasteiger partial charge is 0.252 e. The highest BCUT2D eigenvalue weighted by Crippen LogP contribution is 2.38. The first kappa shape index (κ1) is 26.2. The standard InChI is InChI=1S/C26H30ClN3O5S/c1-17-13-19(27)16-22-24(17)28-26(36-22)30(8-7-29-9-11-35-12-10-29)23(31)6-5-18-14-20(32-2)25(34-4)21(15-18)33-3/h5-6,13-16H,7-12H2,1-4H3/b6-5+. The van der Waals surface area contributed by atoms with E-state index in [1.54, 1.807) is 50.5 Å². The summed E-state index contributed by atoms with van der Waals surface area (Å²) in [6.07, 6.45) is 3.29. The summed E-state index contributed by atoms with van der Waals surface area (Å²) in [7, 11) is 4.67. The van der Waals surface area contributed by atoms with Crippen molar-refractivity contribution in [1.29, 1.82) is 0 Å². The van der Waals surface area contributed by atoms with Gasteiger partial charge < -0.3 is 18.9 Å². The number of anilines is 1. The molecule has 0 atom stereocenters. The number of nitrogens with zero attached hydrogens (tertiary/aromatic N) is 3. The molecule has 8 nitrogen and oxygen atoms in total. The van der Waals surface area contributed by atoms with Gasteiger partial charge in [0.2, 0.25) is 5.75 Å². The number of morpholine rings is 1. The van der Waals surface area contributed by atoms with Crippen molar-refractivity contribution >= 4 is 50.3 Å². The number of aryl methyl sites for hydroxylation is 1. The lowest BCUT2D eigenvalue weighted by molar-refractivity contribution is -0.114. The van der Waals surface area contributed by atoms with Gasteiger partial charge in [0, 0.05) is 37.3 Å². The molecule has 0 radical (unpaired) electrons. The molecular weight excluding hydrogens is 502 g/mol. The van der Waals surface area contributed by atoms with Gasteiger partial charge in [-0.05, 0) is 48.4 Å². The average Bonchev–Trinajstić information content (AvgIpc) is 3.31. The SMILES string of the molecule is COc1cc(/C=C/C(=O)N(CCN2CCOCC2)c2nc3c(C)cc(Cl)cc3s2)cc(OC)c1OC. The minimum Gasteiger partial charge on any atom is -0.493 e. The van der Waals surface area contributed by atoms with Gasteiger partial charge in [-0.2, -0.15) is 0 Å². The van der Waals surface area contributed by atoms with Gasteiger partial charge in [0.15, 0.2) is 16.6 Å². The summed E-state index contributed by atoms with van der Waals surface area (Å²) in [5, 5.41) is 1.30. The Hall–Kier alpha value is -2.85. The maximum Gasteiger partial charge on any atom is 0.252 e. The van der Waals surface area contributed by atoms with E-state index in [0.29, 0.717) is 47.2 Å². The van der Waals surface area contributed by atoms with Crippen molar-refractivity contribution in [2.45, 2.75) is 6.92 Å². The molecule has 1 saturated heterocycles. The van der Waals surface area contributed by atoms with Crippen LogP contribution in [0, 0.1) is 6.92 Å². The van der Waals surface area contributed by atoms with Gasteiger partial charge in [0.05, 0.1) is 44.8 Å². The van der Waals surface area contributed by atoms with Gasteiger partial charge in [-0.1, -0.05) is 22.9 Å². The molecule has 0 saturated carbocycles. The normalized spacial score (nSPS) is 14.4. The Labute approximate surface area is 220 Å². The second-order valence-electron chi connectivity index (χ2n) is 8.30. The van der Waals surface area contributed by atoms with Crippen LogP contribution in [0.5, 0.6) is 17.2 Å². The largest absolute Gasteiger partial charge is 0.493 e. The molecule has 1 aromatic heterocycles. The predicted molar refractivity (Wildman–Crippen MR) is 144 cm³/mol. The van der Waals surface area contributed by atoms with Crippen molar-refractivity contribution in [2.24, 2.45) is 0 Å². The van der Waals surface area contributed by atoms with E-state index in [4.69, 9.17) is 35.5 Å². The van der Waals surface area contributed by atoms with Gasteiger partial charge in [-0.15, -0.1) is 0 Å². The van der Waals surface area contributed by atoms with E-state index in [1.807, 2.05) is 19.1 Å². The summed E-state index contributed by atoms with van der Waals surface area (Å²) < 4.78 is 22.7. The first-order valence-corrected chi connectivity index (χ1v) is 12.8. The average molecular weight is 532 g/mol. The number of aromatic nitrogens is 1. The number of amides is 1. The number of fused-ring (bicyclic) bond motifs is 1. The van der Waals surface area contributed by atoms with Crippen molar-refractivity contribution < 1.29 is 23.7 Å². The lowest BCUT2D eigenvalue weighted by atomic mass is 10.1. The third-order valence-corrected chi connectivity index (χ3v) is 7.23. The fourth-order valence-corrected chi connectivity index (χ4v) is 5.53. The number of thiazole rings is 1. The molecule has 1 aliphatic rings. The third kappa shape index (κ3) is 5.92. The van der Waals surface area contributed by atoms with Crippen LogP contribution >= 0.6 is 22.9 Å². The minimum absolute atomic E-state index is 0.167. The fourth-order valence-electron chi connectivity index (χ4n) is 4.08. The minimum atomic E-state index is -0.167. The van der Waals surface area contributed by atoms with Crippen molar-refractivity contribution in [3.63, 3.8) is 0 Å². The molecule has 0 spiro atoms. The maximum atomic E-state index is 13.5. The number of methoxy groups -OCH3 is 3. The van der Waals surface area contributed by atoms with Crippen LogP contribution < -0.4 is 19.1 Å². The van der Waals surface area contributed by atoms with E-state index in [0.717, 1.165) is 41.0 Å². The first-order valence-electron chi connectivity index (χ1n) is 11.6. The highest BCUT2D eigenvalue weighted by Gasteiger charge is 2.21. The zero-order valence-corrected chi connectivity index (χ0v) is 22.4. The lowest BCUT2D eigenvalue weighted by Gasteiger charge is -2.28. The molecular formula is C26H30ClN3O5S. The Kier molecular flexibility index (Phi) is 8.68. The molecule has 0 N–H and O–H groups in total.